The topological polar surface area (TPSA) is 95.1 Å². The number of aromatic amines is 1. The van der Waals surface area contributed by atoms with E-state index < -0.39 is 17.9 Å². The Labute approximate surface area is 119 Å². The van der Waals surface area contributed by atoms with E-state index >= 15 is 0 Å². The Morgan fingerprint density at radius 3 is 2.55 bits per heavy atom. The molecule has 1 aromatic rings. The van der Waals surface area contributed by atoms with Crippen molar-refractivity contribution < 1.29 is 14.7 Å². The van der Waals surface area contributed by atoms with E-state index in [9.17, 15) is 9.59 Å². The molecule has 1 heterocycles. The molecule has 0 spiro atoms. The summed E-state index contributed by atoms with van der Waals surface area (Å²) in [4.78, 5) is 23.1. The van der Waals surface area contributed by atoms with E-state index in [-0.39, 0.29) is 11.1 Å². The standard InChI is InChI=1S/C14H23N3O3/c1-5-6-7-9(13(19)20)15-12(18)10-8-11(17-16-10)14(2,3)4/h8-9H,5-7H2,1-4H3,(H,15,18)(H,16,17)(H,19,20). The maximum Gasteiger partial charge on any atom is 0.326 e. The average molecular weight is 281 g/mol. The van der Waals surface area contributed by atoms with Crippen molar-refractivity contribution in [3.8, 4) is 0 Å². The van der Waals surface area contributed by atoms with Crippen LogP contribution < -0.4 is 5.32 Å². The maximum absolute atomic E-state index is 12.0. The molecule has 0 aliphatic heterocycles. The number of unbranched alkanes of at least 4 members (excludes halogenated alkanes) is 1. The number of amides is 1. The first-order valence-electron chi connectivity index (χ1n) is 6.85. The summed E-state index contributed by atoms with van der Waals surface area (Å²) in [6.45, 7) is 7.99. The molecule has 0 saturated carbocycles. The number of aliphatic carboxylic acids is 1. The summed E-state index contributed by atoms with van der Waals surface area (Å²) in [6, 6.07) is 0.797. The molecule has 112 valence electrons. The van der Waals surface area contributed by atoms with Crippen molar-refractivity contribution in [3.05, 3.63) is 17.5 Å². The average Bonchev–Trinajstić information content (AvgIpc) is 2.83. The summed E-state index contributed by atoms with van der Waals surface area (Å²) < 4.78 is 0. The van der Waals surface area contributed by atoms with Gasteiger partial charge in [0.15, 0.2) is 0 Å². The fourth-order valence-corrected chi connectivity index (χ4v) is 1.72. The molecule has 0 aliphatic carbocycles. The van der Waals surface area contributed by atoms with Gasteiger partial charge in [0.05, 0.1) is 0 Å². The van der Waals surface area contributed by atoms with Gasteiger partial charge < -0.3 is 10.4 Å². The van der Waals surface area contributed by atoms with E-state index in [4.69, 9.17) is 5.11 Å². The zero-order valence-corrected chi connectivity index (χ0v) is 12.5. The van der Waals surface area contributed by atoms with E-state index in [1.165, 1.54) is 0 Å². The first-order chi connectivity index (χ1) is 9.25. The van der Waals surface area contributed by atoms with Crippen LogP contribution >= 0.6 is 0 Å². The van der Waals surface area contributed by atoms with Crippen LogP contribution in [0.25, 0.3) is 0 Å². The number of carboxylic acids is 1. The summed E-state index contributed by atoms with van der Waals surface area (Å²) in [7, 11) is 0. The molecule has 0 radical (unpaired) electrons. The van der Waals surface area contributed by atoms with E-state index in [1.807, 2.05) is 27.7 Å². The molecule has 3 N–H and O–H groups in total. The summed E-state index contributed by atoms with van der Waals surface area (Å²) in [5.41, 5.74) is 0.917. The van der Waals surface area contributed by atoms with Crippen LogP contribution in [0.15, 0.2) is 6.07 Å². The molecule has 0 fully saturated rings. The Kier molecular flexibility index (Phi) is 5.30. The van der Waals surface area contributed by atoms with Crippen molar-refractivity contribution in [2.75, 3.05) is 0 Å². The second-order valence-electron chi connectivity index (χ2n) is 5.92. The number of aromatic nitrogens is 2. The zero-order valence-electron chi connectivity index (χ0n) is 12.5. The third kappa shape index (κ3) is 4.36. The summed E-state index contributed by atoms with van der Waals surface area (Å²) in [5.74, 6) is -1.47. The predicted octanol–water partition coefficient (Wildman–Crippen LogP) is 2.08. The number of nitrogens with zero attached hydrogens (tertiary/aromatic N) is 1. The molecule has 6 nitrogen and oxygen atoms in total. The van der Waals surface area contributed by atoms with Gasteiger partial charge in [-0.1, -0.05) is 40.5 Å². The van der Waals surface area contributed by atoms with E-state index in [1.54, 1.807) is 6.07 Å². The van der Waals surface area contributed by atoms with Gasteiger partial charge in [0, 0.05) is 11.1 Å². The van der Waals surface area contributed by atoms with Crippen molar-refractivity contribution in [3.63, 3.8) is 0 Å². The molecular formula is C14H23N3O3. The molecular weight excluding hydrogens is 258 g/mol. The third-order valence-electron chi connectivity index (χ3n) is 3.07. The van der Waals surface area contributed by atoms with Crippen molar-refractivity contribution in [2.45, 2.75) is 58.4 Å². The lowest BCUT2D eigenvalue weighted by Crippen LogP contribution is -2.40. The van der Waals surface area contributed by atoms with Gasteiger partial charge in [-0.2, -0.15) is 5.10 Å². The number of carbonyl (C=O) groups excluding carboxylic acids is 1. The lowest BCUT2D eigenvalue weighted by Gasteiger charge is -2.15. The smallest absolute Gasteiger partial charge is 0.326 e. The molecule has 0 bridgehead atoms. The summed E-state index contributed by atoms with van der Waals surface area (Å²) in [6.07, 6.45) is 2.06. The van der Waals surface area contributed by atoms with Gasteiger partial charge >= 0.3 is 5.97 Å². The Balaban J connectivity index is 2.74. The maximum atomic E-state index is 12.0. The largest absolute Gasteiger partial charge is 0.480 e. The van der Waals surface area contributed by atoms with Gasteiger partial charge in [0.1, 0.15) is 11.7 Å². The normalized spacial score (nSPS) is 13.0. The SMILES string of the molecule is CCCCC(NC(=O)c1cc(C(C)(C)C)[nH]n1)C(=O)O. The Morgan fingerprint density at radius 2 is 2.10 bits per heavy atom. The van der Waals surface area contributed by atoms with Crippen molar-refractivity contribution in [2.24, 2.45) is 0 Å². The van der Waals surface area contributed by atoms with E-state index in [0.717, 1.165) is 18.5 Å². The number of rotatable bonds is 6. The van der Waals surface area contributed by atoms with Crippen LogP contribution in [-0.2, 0) is 10.2 Å². The Bertz CT molecular complexity index is 474. The first kappa shape index (κ1) is 16.2. The van der Waals surface area contributed by atoms with E-state index in [2.05, 4.69) is 15.5 Å². The molecule has 0 aliphatic rings. The van der Waals surface area contributed by atoms with Crippen molar-refractivity contribution >= 4 is 11.9 Å². The Morgan fingerprint density at radius 1 is 1.45 bits per heavy atom. The van der Waals surface area contributed by atoms with Gasteiger partial charge in [-0.05, 0) is 12.5 Å². The van der Waals surface area contributed by atoms with Crippen LogP contribution in [0, 0.1) is 0 Å². The van der Waals surface area contributed by atoms with Gasteiger partial charge in [0.25, 0.3) is 5.91 Å². The van der Waals surface area contributed by atoms with Gasteiger partial charge in [-0.15, -0.1) is 0 Å². The third-order valence-corrected chi connectivity index (χ3v) is 3.07. The van der Waals surface area contributed by atoms with Crippen LogP contribution in [0.4, 0.5) is 0 Å². The molecule has 0 aromatic carbocycles. The van der Waals surface area contributed by atoms with Crippen LogP contribution in [-0.4, -0.2) is 33.2 Å². The highest BCUT2D eigenvalue weighted by atomic mass is 16.4. The molecule has 1 unspecified atom stereocenters. The van der Waals surface area contributed by atoms with Crippen LogP contribution in [0.1, 0.15) is 63.1 Å². The lowest BCUT2D eigenvalue weighted by atomic mass is 9.92. The molecule has 20 heavy (non-hydrogen) atoms. The quantitative estimate of drug-likeness (QED) is 0.744. The highest BCUT2D eigenvalue weighted by Gasteiger charge is 2.23. The minimum Gasteiger partial charge on any atom is -0.480 e. The predicted molar refractivity (Wildman–Crippen MR) is 75.7 cm³/mol. The van der Waals surface area contributed by atoms with Gasteiger partial charge in [-0.25, -0.2) is 4.79 Å². The molecule has 6 heteroatoms. The first-order valence-corrected chi connectivity index (χ1v) is 6.85. The molecule has 1 atom stereocenters. The summed E-state index contributed by atoms with van der Waals surface area (Å²) >= 11 is 0. The monoisotopic (exact) mass is 281 g/mol. The minimum absolute atomic E-state index is 0.139. The molecule has 1 amide bonds. The molecule has 1 rings (SSSR count). The molecule has 0 saturated heterocycles. The summed E-state index contributed by atoms with van der Waals surface area (Å²) in [5, 5.41) is 18.4. The number of hydrogen-bond acceptors (Lipinski definition) is 3. The number of carbonyl (C=O) groups is 2. The van der Waals surface area contributed by atoms with Crippen LogP contribution in [0.5, 0.6) is 0 Å². The zero-order chi connectivity index (χ0) is 15.3. The lowest BCUT2D eigenvalue weighted by molar-refractivity contribution is -0.139. The number of H-pyrrole nitrogens is 1. The Hall–Kier alpha value is -1.85. The van der Waals surface area contributed by atoms with E-state index in [0.29, 0.717) is 6.42 Å². The molecule has 1 aromatic heterocycles. The second-order valence-corrected chi connectivity index (χ2v) is 5.92. The number of carboxylic acid groups (broad SMARTS) is 1. The highest BCUT2D eigenvalue weighted by Crippen LogP contribution is 2.20. The number of nitrogens with one attached hydrogen (secondary N) is 2. The fourth-order valence-electron chi connectivity index (χ4n) is 1.72. The number of hydrogen-bond donors (Lipinski definition) is 3. The fraction of sp³-hybridized carbons (Fsp3) is 0.643. The van der Waals surface area contributed by atoms with Crippen LogP contribution in [0.2, 0.25) is 0 Å². The highest BCUT2D eigenvalue weighted by molar-refractivity contribution is 5.95. The second kappa shape index (κ2) is 6.54. The van der Waals surface area contributed by atoms with Crippen molar-refractivity contribution in [1.29, 1.82) is 0 Å². The van der Waals surface area contributed by atoms with Gasteiger partial charge in [-0.3, -0.25) is 9.89 Å². The minimum atomic E-state index is -1.02. The van der Waals surface area contributed by atoms with Crippen molar-refractivity contribution in [1.82, 2.24) is 15.5 Å². The van der Waals surface area contributed by atoms with Crippen LogP contribution in [0.3, 0.4) is 0 Å². The van der Waals surface area contributed by atoms with Gasteiger partial charge in [0.2, 0.25) is 0 Å².